The number of rotatable bonds is 5. The lowest BCUT2D eigenvalue weighted by Gasteiger charge is -2.02. The number of carbonyl (C=O) groups excluding carboxylic acids is 1. The number of hydrogen-bond acceptors (Lipinski definition) is 5. The van der Waals surface area contributed by atoms with Gasteiger partial charge in [-0.1, -0.05) is 17.3 Å². The fraction of sp³-hybridized carbons (Fsp3) is 0.118. The summed E-state index contributed by atoms with van der Waals surface area (Å²) < 4.78 is 11.2. The minimum atomic E-state index is -0.190. The number of nitrogens with zero attached hydrogens (tertiary/aromatic N) is 2. The number of hydrogen-bond donors (Lipinski definition) is 1. The molecule has 24 heavy (non-hydrogen) atoms. The second kappa shape index (κ2) is 7.27. The molecule has 0 aliphatic heterocycles. The number of methoxy groups -OCH3 is 1. The van der Waals surface area contributed by atoms with E-state index in [9.17, 15) is 4.79 Å². The summed E-state index contributed by atoms with van der Waals surface area (Å²) in [4.78, 5) is 16.1. The lowest BCUT2D eigenvalue weighted by Crippen LogP contribution is -2.14. The van der Waals surface area contributed by atoms with E-state index in [1.165, 1.54) is 0 Å². The minimum absolute atomic E-state index is 0.115. The van der Waals surface area contributed by atoms with Gasteiger partial charge in [0.2, 0.25) is 5.91 Å². The van der Waals surface area contributed by atoms with E-state index < -0.39 is 0 Å². The molecule has 0 saturated heterocycles. The van der Waals surface area contributed by atoms with E-state index in [0.717, 1.165) is 11.3 Å². The van der Waals surface area contributed by atoms with Crippen LogP contribution < -0.4 is 10.1 Å². The quantitative estimate of drug-likeness (QED) is 0.675. The van der Waals surface area contributed by atoms with Gasteiger partial charge in [0.25, 0.3) is 0 Å². The molecule has 7 heteroatoms. The fourth-order valence-electron chi connectivity index (χ4n) is 2.13. The van der Waals surface area contributed by atoms with Crippen LogP contribution in [-0.2, 0) is 11.2 Å². The van der Waals surface area contributed by atoms with Crippen molar-refractivity contribution in [1.82, 2.24) is 10.1 Å². The highest BCUT2D eigenvalue weighted by Gasteiger charge is 2.11. The summed E-state index contributed by atoms with van der Waals surface area (Å²) in [5.41, 5.74) is 2.01. The molecular formula is C17H14BrN3O3. The molecule has 0 saturated carbocycles. The molecule has 1 amide bonds. The first-order valence-corrected chi connectivity index (χ1v) is 7.95. The summed E-state index contributed by atoms with van der Waals surface area (Å²) in [6.45, 7) is 0. The maximum Gasteiger partial charge on any atom is 0.230 e. The number of halogens is 1. The molecule has 0 spiro atoms. The summed E-state index contributed by atoms with van der Waals surface area (Å²) in [5, 5.41) is 6.70. The second-order valence-electron chi connectivity index (χ2n) is 5.01. The van der Waals surface area contributed by atoms with Crippen molar-refractivity contribution in [2.75, 3.05) is 12.4 Å². The van der Waals surface area contributed by atoms with Gasteiger partial charge in [-0.05, 0) is 40.2 Å². The Morgan fingerprint density at radius 2 is 2.17 bits per heavy atom. The van der Waals surface area contributed by atoms with Gasteiger partial charge >= 0.3 is 0 Å². The van der Waals surface area contributed by atoms with Gasteiger partial charge in [0.1, 0.15) is 10.4 Å². The Balaban J connectivity index is 1.67. The Morgan fingerprint density at radius 3 is 2.92 bits per heavy atom. The van der Waals surface area contributed by atoms with Crippen LogP contribution in [0.5, 0.6) is 5.75 Å². The molecule has 3 rings (SSSR count). The molecule has 0 aliphatic rings. The van der Waals surface area contributed by atoms with Gasteiger partial charge in [-0.2, -0.15) is 0 Å². The zero-order valence-corrected chi connectivity index (χ0v) is 14.4. The van der Waals surface area contributed by atoms with E-state index in [2.05, 4.69) is 31.4 Å². The van der Waals surface area contributed by atoms with Gasteiger partial charge in [0.05, 0.1) is 31.1 Å². The van der Waals surface area contributed by atoms with Gasteiger partial charge in [0, 0.05) is 11.6 Å². The van der Waals surface area contributed by atoms with Crippen LogP contribution in [0.2, 0.25) is 0 Å². The Labute approximate surface area is 147 Å². The fourth-order valence-corrected chi connectivity index (χ4v) is 2.36. The zero-order valence-electron chi connectivity index (χ0n) is 12.8. The van der Waals surface area contributed by atoms with Crippen molar-refractivity contribution in [2.45, 2.75) is 6.42 Å². The largest absolute Gasteiger partial charge is 0.497 e. The van der Waals surface area contributed by atoms with E-state index >= 15 is 0 Å². The topological polar surface area (TPSA) is 77.2 Å². The highest BCUT2D eigenvalue weighted by atomic mass is 79.9. The summed E-state index contributed by atoms with van der Waals surface area (Å²) in [5.74, 6) is 1.12. The van der Waals surface area contributed by atoms with Crippen LogP contribution in [-0.4, -0.2) is 23.2 Å². The monoisotopic (exact) mass is 387 g/mol. The van der Waals surface area contributed by atoms with Crippen molar-refractivity contribution in [2.24, 2.45) is 0 Å². The first-order chi connectivity index (χ1) is 11.6. The van der Waals surface area contributed by atoms with Crippen LogP contribution in [0.1, 0.15) is 5.69 Å². The molecule has 1 N–H and O–H groups in total. The number of carbonyl (C=O) groups is 1. The Hall–Kier alpha value is -2.67. The predicted octanol–water partition coefficient (Wildman–Crippen LogP) is 3.69. The van der Waals surface area contributed by atoms with Crippen LogP contribution in [0.3, 0.4) is 0 Å². The van der Waals surface area contributed by atoms with E-state index in [0.29, 0.717) is 21.7 Å². The molecule has 2 heterocycles. The smallest absolute Gasteiger partial charge is 0.230 e. The van der Waals surface area contributed by atoms with Crippen molar-refractivity contribution < 1.29 is 14.1 Å². The second-order valence-corrected chi connectivity index (χ2v) is 5.82. The van der Waals surface area contributed by atoms with Crippen LogP contribution in [0, 0.1) is 0 Å². The first kappa shape index (κ1) is 16.2. The van der Waals surface area contributed by atoms with Gasteiger partial charge in [-0.15, -0.1) is 0 Å². The maximum absolute atomic E-state index is 12.1. The summed E-state index contributed by atoms with van der Waals surface area (Å²) >= 11 is 3.25. The lowest BCUT2D eigenvalue weighted by atomic mass is 10.1. The average Bonchev–Trinajstić information content (AvgIpc) is 3.05. The number of nitrogens with one attached hydrogen (secondary N) is 1. The number of anilines is 1. The van der Waals surface area contributed by atoms with Crippen molar-refractivity contribution in [3.05, 3.63) is 59.0 Å². The molecule has 122 valence electrons. The molecule has 0 aliphatic carbocycles. The van der Waals surface area contributed by atoms with Crippen molar-refractivity contribution >= 4 is 27.5 Å². The standard InChI is InChI=1S/C17H14BrN3O3/c1-23-14-4-2-3-11(7-14)15-8-13(21-24-15)9-17(22)20-12-5-6-16(18)19-10-12/h2-8,10H,9H2,1H3,(H,20,22). The third-order valence-electron chi connectivity index (χ3n) is 3.27. The molecule has 0 atom stereocenters. The number of amides is 1. The molecule has 3 aromatic rings. The molecular weight excluding hydrogens is 374 g/mol. The lowest BCUT2D eigenvalue weighted by molar-refractivity contribution is -0.115. The number of aromatic nitrogens is 2. The van der Waals surface area contributed by atoms with Gasteiger partial charge in [-0.25, -0.2) is 4.98 Å². The normalized spacial score (nSPS) is 10.4. The molecule has 0 radical (unpaired) electrons. The predicted molar refractivity (Wildman–Crippen MR) is 92.8 cm³/mol. The molecule has 2 aromatic heterocycles. The van der Waals surface area contributed by atoms with Crippen LogP contribution in [0.15, 0.2) is 57.8 Å². The van der Waals surface area contributed by atoms with Crippen LogP contribution in [0.25, 0.3) is 11.3 Å². The van der Waals surface area contributed by atoms with Gasteiger partial charge in [0.15, 0.2) is 5.76 Å². The maximum atomic E-state index is 12.1. The third-order valence-corrected chi connectivity index (χ3v) is 3.74. The molecule has 0 bridgehead atoms. The van der Waals surface area contributed by atoms with E-state index in [1.54, 1.807) is 31.5 Å². The number of pyridine rings is 1. The molecule has 0 fully saturated rings. The highest BCUT2D eigenvalue weighted by Crippen LogP contribution is 2.24. The Kier molecular flexibility index (Phi) is 4.90. The molecule has 0 unspecified atom stereocenters. The van der Waals surface area contributed by atoms with Crippen molar-refractivity contribution in [1.29, 1.82) is 0 Å². The van der Waals surface area contributed by atoms with Gasteiger partial charge < -0.3 is 14.6 Å². The van der Waals surface area contributed by atoms with Crippen molar-refractivity contribution in [3.8, 4) is 17.1 Å². The van der Waals surface area contributed by atoms with Crippen molar-refractivity contribution in [3.63, 3.8) is 0 Å². The minimum Gasteiger partial charge on any atom is -0.497 e. The Morgan fingerprint density at radius 1 is 1.29 bits per heavy atom. The first-order valence-electron chi connectivity index (χ1n) is 7.15. The number of benzene rings is 1. The SMILES string of the molecule is COc1cccc(-c2cc(CC(=O)Nc3ccc(Br)nc3)no2)c1. The van der Waals surface area contributed by atoms with E-state index in [-0.39, 0.29) is 12.3 Å². The summed E-state index contributed by atoms with van der Waals surface area (Å²) in [6, 6.07) is 12.7. The van der Waals surface area contributed by atoms with Crippen LogP contribution in [0.4, 0.5) is 5.69 Å². The average molecular weight is 388 g/mol. The van der Waals surface area contributed by atoms with Crippen LogP contribution >= 0.6 is 15.9 Å². The Bertz CT molecular complexity index is 846. The molecule has 6 nitrogen and oxygen atoms in total. The zero-order chi connectivity index (χ0) is 16.9. The number of ether oxygens (including phenoxy) is 1. The van der Waals surface area contributed by atoms with Gasteiger partial charge in [-0.3, -0.25) is 4.79 Å². The summed E-state index contributed by atoms with van der Waals surface area (Å²) in [6.07, 6.45) is 1.69. The third kappa shape index (κ3) is 3.99. The van der Waals surface area contributed by atoms with E-state index in [4.69, 9.17) is 9.26 Å². The highest BCUT2D eigenvalue weighted by molar-refractivity contribution is 9.10. The summed E-state index contributed by atoms with van der Waals surface area (Å²) in [7, 11) is 1.60. The molecule has 1 aromatic carbocycles. The van der Waals surface area contributed by atoms with E-state index in [1.807, 2.05) is 24.3 Å².